The summed E-state index contributed by atoms with van der Waals surface area (Å²) in [6.07, 6.45) is 5.68. The Kier molecular flexibility index (Phi) is 4.25. The Labute approximate surface area is 183 Å². The molecule has 2 aliphatic rings. The van der Waals surface area contributed by atoms with Crippen LogP contribution in [0.15, 0.2) is 30.7 Å². The van der Waals surface area contributed by atoms with E-state index in [-0.39, 0.29) is 12.1 Å². The molecule has 4 aromatic heterocycles. The number of pyridine rings is 1. The monoisotopic (exact) mass is 433 g/mol. The molecular weight excluding hydrogens is 410 g/mol. The number of hydrogen-bond acceptors (Lipinski definition) is 9. The summed E-state index contributed by atoms with van der Waals surface area (Å²) in [5.41, 5.74) is 1.71. The van der Waals surface area contributed by atoms with Crippen LogP contribution in [-0.2, 0) is 7.05 Å². The first-order valence-electron chi connectivity index (χ1n) is 10.6. The number of aliphatic hydroxyl groups is 1. The average molecular weight is 433 g/mol. The van der Waals surface area contributed by atoms with Gasteiger partial charge in [-0.3, -0.25) is 4.68 Å². The van der Waals surface area contributed by atoms with Crippen molar-refractivity contribution in [2.24, 2.45) is 7.05 Å². The minimum absolute atomic E-state index is 0.0846. The van der Waals surface area contributed by atoms with E-state index in [1.54, 1.807) is 23.1 Å². The molecule has 6 rings (SSSR count). The van der Waals surface area contributed by atoms with Crippen LogP contribution in [0.1, 0.15) is 19.4 Å². The van der Waals surface area contributed by atoms with Gasteiger partial charge in [0.15, 0.2) is 11.6 Å². The van der Waals surface area contributed by atoms with Gasteiger partial charge in [-0.05, 0) is 13.0 Å². The molecule has 1 fully saturated rings. The van der Waals surface area contributed by atoms with E-state index in [0.29, 0.717) is 43.0 Å². The predicted octanol–water partition coefficient (Wildman–Crippen LogP) is 1.89. The van der Waals surface area contributed by atoms with E-state index in [0.717, 1.165) is 28.7 Å². The fourth-order valence-electron chi connectivity index (χ4n) is 4.17. The highest BCUT2D eigenvalue weighted by molar-refractivity contribution is 5.92. The van der Waals surface area contributed by atoms with Crippen molar-refractivity contribution in [3.8, 4) is 17.3 Å². The molecule has 4 bridgehead atoms. The lowest BCUT2D eigenvalue weighted by atomic mass is 10.1. The maximum absolute atomic E-state index is 9.77. The van der Waals surface area contributed by atoms with E-state index < -0.39 is 0 Å². The molecule has 11 nitrogen and oxygen atoms in total. The lowest BCUT2D eigenvalue weighted by molar-refractivity contribution is 0.141. The van der Waals surface area contributed by atoms with Crippen molar-refractivity contribution in [3.05, 3.63) is 30.7 Å². The smallest absolute Gasteiger partial charge is 0.222 e. The molecule has 0 saturated carbocycles. The average Bonchev–Trinajstić information content (AvgIpc) is 3.32. The third-order valence-electron chi connectivity index (χ3n) is 5.96. The first kappa shape index (κ1) is 19.0. The molecule has 0 aromatic carbocycles. The van der Waals surface area contributed by atoms with Crippen LogP contribution in [0, 0.1) is 0 Å². The number of aliphatic hydroxyl groups excluding tert-OH is 1. The highest BCUT2D eigenvalue weighted by atomic mass is 16.5. The van der Waals surface area contributed by atoms with Crippen molar-refractivity contribution in [1.82, 2.24) is 34.5 Å². The molecule has 164 valence electrons. The summed E-state index contributed by atoms with van der Waals surface area (Å²) in [6.45, 7) is 3.77. The third-order valence-corrected chi connectivity index (χ3v) is 5.96. The van der Waals surface area contributed by atoms with Crippen LogP contribution in [0.2, 0.25) is 0 Å². The zero-order chi connectivity index (χ0) is 21.8. The maximum atomic E-state index is 9.77. The number of nitrogens with one attached hydrogen (secondary N) is 1. The second-order valence-corrected chi connectivity index (χ2v) is 8.28. The molecule has 4 aromatic rings. The molecule has 1 unspecified atom stereocenters. The Bertz CT molecular complexity index is 1310. The second kappa shape index (κ2) is 7.16. The van der Waals surface area contributed by atoms with Gasteiger partial charge in [-0.2, -0.15) is 10.2 Å². The summed E-state index contributed by atoms with van der Waals surface area (Å²) in [4.78, 5) is 15.7. The summed E-state index contributed by atoms with van der Waals surface area (Å²) < 4.78 is 9.84. The van der Waals surface area contributed by atoms with Gasteiger partial charge in [0.05, 0.1) is 35.9 Å². The van der Waals surface area contributed by atoms with E-state index in [1.807, 2.05) is 24.0 Å². The third kappa shape index (κ3) is 3.04. The van der Waals surface area contributed by atoms with Crippen LogP contribution in [0.25, 0.3) is 22.3 Å². The molecule has 32 heavy (non-hydrogen) atoms. The van der Waals surface area contributed by atoms with Crippen LogP contribution < -0.4 is 15.0 Å². The quantitative estimate of drug-likeness (QED) is 0.464. The summed E-state index contributed by atoms with van der Waals surface area (Å²) >= 11 is 0. The summed E-state index contributed by atoms with van der Waals surface area (Å²) in [7, 11) is 1.84. The lowest BCUT2D eigenvalue weighted by Crippen LogP contribution is -2.51. The number of fused-ring (bicyclic) bond motifs is 5. The number of nitrogens with zero attached hydrogens (tertiary/aromatic N) is 8. The number of anilines is 3. The Morgan fingerprint density at radius 2 is 2.06 bits per heavy atom. The van der Waals surface area contributed by atoms with Crippen LogP contribution >= 0.6 is 0 Å². The maximum Gasteiger partial charge on any atom is 0.222 e. The zero-order valence-electron chi connectivity index (χ0n) is 17.8. The SMILES string of the molecule is CC1CCOc2c(cnn2C)-c2nccc(n2)Nc2cc3c(cn2)c(N2CC(O)C2)nn31. The first-order chi connectivity index (χ1) is 15.6. The number of hydrogen-bond donors (Lipinski definition) is 2. The molecule has 0 aliphatic carbocycles. The fraction of sp³-hybridized carbons (Fsp3) is 0.381. The Balaban J connectivity index is 1.47. The van der Waals surface area contributed by atoms with Gasteiger partial charge >= 0.3 is 0 Å². The first-order valence-corrected chi connectivity index (χ1v) is 10.6. The van der Waals surface area contributed by atoms with Crippen molar-refractivity contribution < 1.29 is 9.84 Å². The molecule has 0 radical (unpaired) electrons. The fourth-order valence-corrected chi connectivity index (χ4v) is 4.17. The van der Waals surface area contributed by atoms with Crippen LogP contribution in [0.4, 0.5) is 17.5 Å². The van der Waals surface area contributed by atoms with Crippen LogP contribution in [-0.4, -0.2) is 65.4 Å². The highest BCUT2D eigenvalue weighted by Crippen LogP contribution is 2.34. The van der Waals surface area contributed by atoms with E-state index >= 15 is 0 Å². The van der Waals surface area contributed by atoms with Crippen molar-refractivity contribution >= 4 is 28.4 Å². The topological polar surface area (TPSA) is 119 Å². The van der Waals surface area contributed by atoms with Gasteiger partial charge in [0.2, 0.25) is 5.88 Å². The predicted molar refractivity (Wildman–Crippen MR) is 118 cm³/mol. The van der Waals surface area contributed by atoms with Crippen molar-refractivity contribution in [2.45, 2.75) is 25.5 Å². The van der Waals surface area contributed by atoms with E-state index in [1.165, 1.54) is 0 Å². The van der Waals surface area contributed by atoms with E-state index in [4.69, 9.17) is 9.84 Å². The van der Waals surface area contributed by atoms with Gasteiger partial charge in [0.25, 0.3) is 0 Å². The standard InChI is InChI=1S/C21H23N9O2/c1-12-4-6-32-21-15(9-24-28(21)2)19-22-5-3-17(26-19)25-18-7-16-14(8-23-18)20(27-30(12)16)29-10-13(31)11-29/h3,5,7-9,12-13,31H,4,6,10-11H2,1-2H3,(H,22,23,25,26). The normalized spacial score (nSPS) is 18.6. The summed E-state index contributed by atoms with van der Waals surface area (Å²) in [5, 5.41) is 23.2. The molecule has 0 amide bonds. The molecule has 0 spiro atoms. The molecular formula is C21H23N9O2. The second-order valence-electron chi connectivity index (χ2n) is 8.28. The molecule has 1 atom stereocenters. The summed E-state index contributed by atoms with van der Waals surface area (Å²) in [5.74, 6) is 3.31. The highest BCUT2D eigenvalue weighted by Gasteiger charge is 2.29. The molecule has 2 N–H and O–H groups in total. The number of β-amino-alcohol motifs (C(OH)–C–C–N with tert-alkyl or cyclic N) is 1. The van der Waals surface area contributed by atoms with Gasteiger partial charge < -0.3 is 20.1 Å². The minimum Gasteiger partial charge on any atom is -0.477 e. The van der Waals surface area contributed by atoms with Crippen LogP contribution in [0.5, 0.6) is 5.88 Å². The van der Waals surface area contributed by atoms with Crippen molar-refractivity contribution in [3.63, 3.8) is 0 Å². The Morgan fingerprint density at radius 1 is 1.19 bits per heavy atom. The largest absolute Gasteiger partial charge is 0.477 e. The lowest BCUT2D eigenvalue weighted by Gasteiger charge is -2.36. The number of ether oxygens (including phenoxy) is 1. The van der Waals surface area contributed by atoms with Gasteiger partial charge in [0.1, 0.15) is 17.2 Å². The number of aromatic nitrogens is 7. The minimum atomic E-state index is -0.309. The van der Waals surface area contributed by atoms with Crippen molar-refractivity contribution in [2.75, 3.05) is 29.9 Å². The molecule has 11 heteroatoms. The summed E-state index contributed by atoms with van der Waals surface area (Å²) in [6, 6.07) is 3.87. The van der Waals surface area contributed by atoms with Gasteiger partial charge in [-0.1, -0.05) is 0 Å². The molecule has 6 heterocycles. The van der Waals surface area contributed by atoms with Gasteiger partial charge in [-0.25, -0.2) is 19.6 Å². The molecule has 2 aliphatic heterocycles. The van der Waals surface area contributed by atoms with E-state index in [2.05, 4.69) is 37.2 Å². The number of aryl methyl sites for hydroxylation is 1. The number of rotatable bonds is 1. The molecule has 1 saturated heterocycles. The van der Waals surface area contributed by atoms with Gasteiger partial charge in [0, 0.05) is 45.0 Å². The van der Waals surface area contributed by atoms with Crippen LogP contribution in [0.3, 0.4) is 0 Å². The van der Waals surface area contributed by atoms with Gasteiger partial charge in [-0.15, -0.1) is 0 Å². The Morgan fingerprint density at radius 3 is 2.91 bits per heavy atom. The van der Waals surface area contributed by atoms with Crippen molar-refractivity contribution in [1.29, 1.82) is 0 Å². The zero-order valence-corrected chi connectivity index (χ0v) is 17.8. The Hall–Kier alpha value is -3.73. The van der Waals surface area contributed by atoms with E-state index in [9.17, 15) is 5.11 Å².